The first-order chi connectivity index (χ1) is 15.5. The Morgan fingerprint density at radius 1 is 1.30 bits per heavy atom. The zero-order valence-corrected chi connectivity index (χ0v) is 20.8. The molecule has 13 heteroatoms. The Morgan fingerprint density at radius 3 is 2.33 bits per heavy atom. The molecule has 33 heavy (non-hydrogen) atoms. The Labute approximate surface area is 199 Å². The van der Waals surface area contributed by atoms with E-state index in [0.29, 0.717) is 16.9 Å². The topological polar surface area (TPSA) is 153 Å². The van der Waals surface area contributed by atoms with Crippen LogP contribution >= 0.6 is 12.2 Å². The van der Waals surface area contributed by atoms with Crippen LogP contribution in [0.3, 0.4) is 0 Å². The molecule has 0 unspecified atom stereocenters. The summed E-state index contributed by atoms with van der Waals surface area (Å²) in [4.78, 5) is 22.8. The van der Waals surface area contributed by atoms with Gasteiger partial charge in [-0.05, 0) is 49.9 Å². The maximum absolute atomic E-state index is 13.6. The number of nitrogens with one attached hydrogen (secondary N) is 1. The monoisotopic (exact) mass is 498 g/mol. The number of thiocarbonyl (C=S) groups is 1. The Hall–Kier alpha value is -2.58. The van der Waals surface area contributed by atoms with Gasteiger partial charge in [-0.25, -0.2) is 19.3 Å². The van der Waals surface area contributed by atoms with Crippen molar-refractivity contribution >= 4 is 39.0 Å². The average molecular weight is 499 g/mol. The first-order valence-corrected chi connectivity index (χ1v) is 11.9. The Balaban J connectivity index is 2.30. The molecule has 0 bridgehead atoms. The van der Waals surface area contributed by atoms with Gasteiger partial charge in [-0.3, -0.25) is 4.79 Å². The number of methoxy groups -OCH3 is 1. The van der Waals surface area contributed by atoms with E-state index in [-0.39, 0.29) is 34.7 Å². The van der Waals surface area contributed by atoms with Gasteiger partial charge in [0.25, 0.3) is 0 Å². The van der Waals surface area contributed by atoms with Crippen LogP contribution in [0.1, 0.15) is 24.0 Å². The van der Waals surface area contributed by atoms with Crippen LogP contribution < -0.4 is 21.9 Å². The van der Waals surface area contributed by atoms with Crippen molar-refractivity contribution in [3.8, 4) is 5.75 Å². The van der Waals surface area contributed by atoms with Gasteiger partial charge in [0.05, 0.1) is 30.8 Å². The van der Waals surface area contributed by atoms with Crippen LogP contribution in [0.2, 0.25) is 0 Å². The number of likely N-dealkylation sites (N-methyl/N-ethyl adjacent to an activating group) is 1. The van der Waals surface area contributed by atoms with Gasteiger partial charge < -0.3 is 19.9 Å². The summed E-state index contributed by atoms with van der Waals surface area (Å²) in [5, 5.41) is 0. The van der Waals surface area contributed by atoms with E-state index in [1.807, 2.05) is 0 Å². The molecule has 0 heterocycles. The number of rotatable bonds is 9. The second-order valence-corrected chi connectivity index (χ2v) is 10.0. The van der Waals surface area contributed by atoms with Gasteiger partial charge in [0.2, 0.25) is 10.0 Å². The molecule has 0 aliphatic heterocycles. The minimum absolute atomic E-state index is 0.0120. The highest BCUT2D eigenvalue weighted by Crippen LogP contribution is 2.36. The molecule has 0 saturated heterocycles. The number of hydrogen-bond donors (Lipinski definition) is 3. The lowest BCUT2D eigenvalue weighted by Crippen LogP contribution is -2.43. The van der Waals surface area contributed by atoms with E-state index in [1.54, 1.807) is 26.0 Å². The molecule has 1 aliphatic carbocycles. The number of hydrazine groups is 1. The number of amides is 1. The fourth-order valence-electron chi connectivity index (χ4n) is 3.30. The van der Waals surface area contributed by atoms with E-state index in [2.05, 4.69) is 21.8 Å². The SMILES string of the molecule is C=C(CN(C1CC1)S(=O)(=O)c1c(C)cc(OC)cc1C)N=C(ON)C(=O)N(C)CC(=S)NN. The first-order valence-electron chi connectivity index (χ1n) is 10.0. The largest absolute Gasteiger partial charge is 0.497 e. The van der Waals surface area contributed by atoms with E-state index in [1.165, 1.54) is 23.4 Å². The zero-order valence-electron chi connectivity index (χ0n) is 19.1. The number of nitrogens with zero attached hydrogens (tertiary/aromatic N) is 3. The summed E-state index contributed by atoms with van der Waals surface area (Å²) >= 11 is 4.94. The van der Waals surface area contributed by atoms with Crippen molar-refractivity contribution in [2.45, 2.75) is 37.6 Å². The number of ether oxygens (including phenoxy) is 1. The van der Waals surface area contributed by atoms with Crippen molar-refractivity contribution in [3.63, 3.8) is 0 Å². The van der Waals surface area contributed by atoms with Crippen LogP contribution in [0.25, 0.3) is 0 Å². The van der Waals surface area contributed by atoms with Gasteiger partial charge in [0.1, 0.15) is 10.7 Å². The molecule has 1 amide bonds. The van der Waals surface area contributed by atoms with Gasteiger partial charge in [-0.15, -0.1) is 0 Å². The molecule has 2 rings (SSSR count). The zero-order chi connectivity index (χ0) is 24.9. The molecule has 0 radical (unpaired) electrons. The van der Waals surface area contributed by atoms with E-state index in [4.69, 9.17) is 28.7 Å². The van der Waals surface area contributed by atoms with Crippen molar-refractivity contribution in [2.75, 3.05) is 27.2 Å². The van der Waals surface area contributed by atoms with Crippen molar-refractivity contribution in [2.24, 2.45) is 16.7 Å². The molecule has 11 nitrogen and oxygen atoms in total. The van der Waals surface area contributed by atoms with E-state index in [0.717, 1.165) is 12.8 Å². The number of nitrogens with two attached hydrogens (primary N) is 2. The third-order valence-corrected chi connectivity index (χ3v) is 7.42. The molecule has 0 spiro atoms. The van der Waals surface area contributed by atoms with Gasteiger partial charge in [-0.2, -0.15) is 10.2 Å². The number of aliphatic imine (C=N–C) groups is 1. The second-order valence-electron chi connectivity index (χ2n) is 7.70. The van der Waals surface area contributed by atoms with Gasteiger partial charge in [-0.1, -0.05) is 18.8 Å². The summed E-state index contributed by atoms with van der Waals surface area (Å²) in [6.45, 7) is 7.13. The van der Waals surface area contributed by atoms with E-state index < -0.39 is 21.8 Å². The summed E-state index contributed by atoms with van der Waals surface area (Å²) in [5.74, 6) is 9.92. The minimum Gasteiger partial charge on any atom is -0.497 e. The summed E-state index contributed by atoms with van der Waals surface area (Å²) in [5.41, 5.74) is 3.50. The van der Waals surface area contributed by atoms with Crippen LogP contribution in [-0.2, 0) is 19.7 Å². The summed E-state index contributed by atoms with van der Waals surface area (Å²) in [7, 11) is -0.894. The molecular weight excluding hydrogens is 468 g/mol. The lowest BCUT2D eigenvalue weighted by atomic mass is 10.1. The Morgan fingerprint density at radius 2 is 1.88 bits per heavy atom. The smallest absolute Gasteiger partial charge is 0.311 e. The van der Waals surface area contributed by atoms with Crippen molar-refractivity contribution in [1.82, 2.24) is 14.6 Å². The van der Waals surface area contributed by atoms with E-state index >= 15 is 0 Å². The highest BCUT2D eigenvalue weighted by atomic mass is 32.2. The van der Waals surface area contributed by atoms with Gasteiger partial charge in [0.15, 0.2) is 0 Å². The predicted octanol–water partition coefficient (Wildman–Crippen LogP) is 0.517. The van der Waals surface area contributed by atoms with Gasteiger partial charge >= 0.3 is 11.8 Å². The van der Waals surface area contributed by atoms with Crippen LogP contribution in [-0.4, -0.2) is 67.7 Å². The number of carbonyl (C=O) groups excluding carboxylic acids is 1. The quantitative estimate of drug-likeness (QED) is 0.145. The highest BCUT2D eigenvalue weighted by molar-refractivity contribution is 7.89. The minimum atomic E-state index is -3.88. The molecule has 182 valence electrons. The molecule has 1 fully saturated rings. The van der Waals surface area contributed by atoms with Crippen LogP contribution in [0.5, 0.6) is 5.75 Å². The van der Waals surface area contributed by atoms with Crippen LogP contribution in [0, 0.1) is 13.8 Å². The second kappa shape index (κ2) is 11.0. The third-order valence-electron chi connectivity index (χ3n) is 4.97. The molecule has 1 aromatic rings. The Kier molecular flexibility index (Phi) is 8.91. The lowest BCUT2D eigenvalue weighted by molar-refractivity contribution is -0.123. The average Bonchev–Trinajstić information content (AvgIpc) is 3.59. The number of sulfonamides is 1. The van der Waals surface area contributed by atoms with Crippen LogP contribution in [0.4, 0.5) is 0 Å². The maximum Gasteiger partial charge on any atom is 0.311 e. The summed E-state index contributed by atoms with van der Waals surface area (Å²) in [6.07, 6.45) is 1.44. The lowest BCUT2D eigenvalue weighted by Gasteiger charge is -2.24. The molecule has 1 aromatic carbocycles. The molecule has 0 atom stereocenters. The maximum atomic E-state index is 13.6. The molecular formula is C20H30N6O5S2. The normalized spacial score (nSPS) is 14.1. The third kappa shape index (κ3) is 6.48. The van der Waals surface area contributed by atoms with Crippen LogP contribution in [0.15, 0.2) is 34.3 Å². The first kappa shape index (κ1) is 26.7. The van der Waals surface area contributed by atoms with Crippen molar-refractivity contribution in [1.29, 1.82) is 0 Å². The molecule has 0 aromatic heterocycles. The standard InChI is InChI=1S/C20H30N6O5S2/c1-12-8-16(30-5)9-13(2)18(12)33(28,29)26(15-6-7-15)10-14(3)23-19(31-22)20(27)25(4)11-17(32)24-21/h8-9,15H,3,6-7,10-11,21-22H2,1-2,4-5H3,(H,24,32). The fourth-order valence-corrected chi connectivity index (χ4v) is 5.59. The summed E-state index contributed by atoms with van der Waals surface area (Å²) in [6, 6.07) is 3.16. The highest BCUT2D eigenvalue weighted by Gasteiger charge is 2.39. The number of benzene rings is 1. The number of aryl methyl sites for hydroxylation is 2. The predicted molar refractivity (Wildman–Crippen MR) is 129 cm³/mol. The summed E-state index contributed by atoms with van der Waals surface area (Å²) < 4.78 is 33.7. The van der Waals surface area contributed by atoms with E-state index in [9.17, 15) is 13.2 Å². The Bertz CT molecular complexity index is 1050. The number of carbonyl (C=O) groups is 1. The molecule has 5 N–H and O–H groups in total. The number of hydrogen-bond acceptors (Lipinski definition) is 9. The molecule has 1 aliphatic rings. The fraction of sp³-hybridized carbons (Fsp3) is 0.450. The molecule has 1 saturated carbocycles. The van der Waals surface area contributed by atoms with Crippen molar-refractivity contribution in [3.05, 3.63) is 35.5 Å². The van der Waals surface area contributed by atoms with Crippen molar-refractivity contribution < 1.29 is 22.8 Å². The van der Waals surface area contributed by atoms with Gasteiger partial charge in [0, 0.05) is 13.1 Å².